The van der Waals surface area contributed by atoms with E-state index in [2.05, 4.69) is 15.0 Å². The van der Waals surface area contributed by atoms with E-state index in [9.17, 15) is 30.0 Å². The third-order valence-corrected chi connectivity index (χ3v) is 9.93. The van der Waals surface area contributed by atoms with Gasteiger partial charge >= 0.3 is 11.9 Å². The van der Waals surface area contributed by atoms with Crippen LogP contribution in [0.2, 0.25) is 0 Å². The maximum absolute atomic E-state index is 13.6. The van der Waals surface area contributed by atoms with Gasteiger partial charge in [0.2, 0.25) is 5.79 Å². The number of halogens is 1. The second-order valence-electron chi connectivity index (χ2n) is 10.7. The predicted octanol–water partition coefficient (Wildman–Crippen LogP) is 1.85. The molecule has 0 aliphatic carbocycles. The number of rotatable bonds is 6. The average Bonchev–Trinajstić information content (AvgIpc) is 2.94. The molecular weight excluding hydrogens is 538 g/mol. The molecule has 2 aliphatic rings. The Morgan fingerprint density at radius 2 is 1.40 bits per heavy atom. The lowest BCUT2D eigenvalue weighted by Gasteiger charge is -2.75. The van der Waals surface area contributed by atoms with Gasteiger partial charge in [0.15, 0.2) is 10.8 Å². The summed E-state index contributed by atoms with van der Waals surface area (Å²) in [5.74, 6) is -6.76. The Morgan fingerprint density at radius 1 is 0.875 bits per heavy atom. The summed E-state index contributed by atoms with van der Waals surface area (Å²) in [5, 5.41) is 46.8. The smallest absolute Gasteiger partial charge is 0.320 e. The number of likely N-dealkylation sites (tertiary alicyclic amines) is 2. The van der Waals surface area contributed by atoms with E-state index in [4.69, 9.17) is 11.6 Å². The van der Waals surface area contributed by atoms with Gasteiger partial charge in [-0.1, -0.05) is 18.2 Å². The number of hydrogen-bond donors (Lipinski definition) is 4. The summed E-state index contributed by atoms with van der Waals surface area (Å²) in [6, 6.07) is 14.9. The zero-order chi connectivity index (χ0) is 29.1. The number of aliphatic carboxylic acids is 2. The second kappa shape index (κ2) is 9.28. The molecule has 5 heterocycles. The third-order valence-electron chi connectivity index (χ3n) is 9.32. The summed E-state index contributed by atoms with van der Waals surface area (Å²) < 4.78 is 0. The molecule has 5 rings (SSSR count). The zero-order valence-corrected chi connectivity index (χ0v) is 22.9. The molecule has 5 atom stereocenters. The molecule has 0 saturated carbocycles. The number of pyridine rings is 3. The number of aliphatic hydroxyl groups is 2. The van der Waals surface area contributed by atoms with Crippen molar-refractivity contribution in [3.63, 3.8) is 0 Å². The van der Waals surface area contributed by atoms with E-state index in [0.717, 1.165) is 0 Å². The zero-order valence-electron chi connectivity index (χ0n) is 22.1. The normalized spacial score (nSPS) is 33.8. The van der Waals surface area contributed by atoms with Gasteiger partial charge in [-0.25, -0.2) is 0 Å². The van der Waals surface area contributed by atoms with E-state index in [1.165, 1.54) is 36.0 Å². The van der Waals surface area contributed by atoms with E-state index < -0.39 is 51.7 Å². The SMILES string of the molecule is CN1C(C)(c2ccccn2)C2(C(=O)O)CN(Cc3ccccn3)C(Cl)C(C(=O)O)(C1(C)c1ccccn1)C2(O)O. The molecular formula is C28H30ClN5O6. The Kier molecular flexibility index (Phi) is 6.51. The molecule has 3 aromatic heterocycles. The van der Waals surface area contributed by atoms with Crippen LogP contribution in [0.5, 0.6) is 0 Å². The quantitative estimate of drug-likeness (QED) is 0.195. The lowest BCUT2D eigenvalue weighted by atomic mass is 9.43. The predicted molar refractivity (Wildman–Crippen MR) is 143 cm³/mol. The first-order valence-electron chi connectivity index (χ1n) is 12.6. The molecule has 12 heteroatoms. The summed E-state index contributed by atoms with van der Waals surface area (Å²) in [6.45, 7) is 2.43. The minimum atomic E-state index is -3.43. The van der Waals surface area contributed by atoms with Gasteiger partial charge in [-0.3, -0.25) is 34.3 Å². The van der Waals surface area contributed by atoms with Crippen LogP contribution < -0.4 is 0 Å². The van der Waals surface area contributed by atoms with Crippen molar-refractivity contribution in [3.8, 4) is 0 Å². The molecule has 0 radical (unpaired) electrons. The highest BCUT2D eigenvalue weighted by Crippen LogP contribution is 2.72. The Hall–Kier alpha value is -3.48. The number of hydrogen-bond acceptors (Lipinski definition) is 9. The van der Waals surface area contributed by atoms with Crippen LogP contribution in [0.1, 0.15) is 30.9 Å². The van der Waals surface area contributed by atoms with Crippen LogP contribution in [0.4, 0.5) is 0 Å². The van der Waals surface area contributed by atoms with Crippen molar-refractivity contribution in [1.29, 1.82) is 0 Å². The Morgan fingerprint density at radius 3 is 1.85 bits per heavy atom. The largest absolute Gasteiger partial charge is 0.481 e. The van der Waals surface area contributed by atoms with E-state index in [0.29, 0.717) is 5.69 Å². The number of carboxylic acid groups (broad SMARTS) is 2. The number of alkyl halides is 1. The molecule has 210 valence electrons. The first-order valence-corrected chi connectivity index (χ1v) is 13.0. The maximum atomic E-state index is 13.6. The van der Waals surface area contributed by atoms with Crippen molar-refractivity contribution in [2.24, 2.45) is 10.8 Å². The van der Waals surface area contributed by atoms with Gasteiger partial charge in [0.1, 0.15) is 5.50 Å². The number of nitrogens with zero attached hydrogens (tertiary/aromatic N) is 5. The number of aromatic nitrogens is 3. The lowest BCUT2D eigenvalue weighted by molar-refractivity contribution is -0.413. The molecule has 2 fully saturated rings. The molecule has 4 N–H and O–H groups in total. The summed E-state index contributed by atoms with van der Waals surface area (Å²) >= 11 is 7.07. The summed E-state index contributed by atoms with van der Waals surface area (Å²) in [7, 11) is 1.55. The minimum absolute atomic E-state index is 0.0601. The van der Waals surface area contributed by atoms with E-state index >= 15 is 0 Å². The van der Waals surface area contributed by atoms with Crippen LogP contribution in [0.15, 0.2) is 73.2 Å². The van der Waals surface area contributed by atoms with Crippen LogP contribution in [-0.4, -0.2) is 82.0 Å². The van der Waals surface area contributed by atoms with Crippen molar-refractivity contribution in [2.75, 3.05) is 13.6 Å². The first-order chi connectivity index (χ1) is 18.8. The molecule has 0 amide bonds. The van der Waals surface area contributed by atoms with E-state index in [1.54, 1.807) is 67.8 Å². The van der Waals surface area contributed by atoms with Gasteiger partial charge in [-0.15, -0.1) is 11.6 Å². The topological polar surface area (TPSA) is 160 Å². The molecule has 11 nitrogen and oxygen atoms in total. The fourth-order valence-corrected chi connectivity index (χ4v) is 7.72. The van der Waals surface area contributed by atoms with Gasteiger partial charge in [0, 0.05) is 31.7 Å². The average molecular weight is 568 g/mol. The first kappa shape index (κ1) is 28.1. The highest BCUT2D eigenvalue weighted by Gasteiger charge is 2.90. The number of carbonyl (C=O) groups is 2. The maximum Gasteiger partial charge on any atom is 0.320 e. The van der Waals surface area contributed by atoms with Crippen molar-refractivity contribution in [3.05, 3.63) is 90.3 Å². The second-order valence-corrected chi connectivity index (χ2v) is 11.1. The van der Waals surface area contributed by atoms with Crippen LogP contribution in [0, 0.1) is 10.8 Å². The molecule has 2 saturated heterocycles. The molecule has 2 bridgehead atoms. The molecule has 2 aliphatic heterocycles. The van der Waals surface area contributed by atoms with Crippen molar-refractivity contribution in [2.45, 2.75) is 42.8 Å². The van der Waals surface area contributed by atoms with Gasteiger partial charge in [0.25, 0.3) is 0 Å². The Balaban J connectivity index is 1.95. The fraction of sp³-hybridized carbons (Fsp3) is 0.393. The van der Waals surface area contributed by atoms with Gasteiger partial charge < -0.3 is 20.4 Å². The summed E-state index contributed by atoms with van der Waals surface area (Å²) in [4.78, 5) is 43.4. The summed E-state index contributed by atoms with van der Waals surface area (Å²) in [6.07, 6.45) is 4.47. The number of fused-ring (bicyclic) bond motifs is 2. The lowest BCUT2D eigenvalue weighted by Crippen LogP contribution is -2.92. The van der Waals surface area contributed by atoms with Crippen LogP contribution in [0.25, 0.3) is 0 Å². The Labute approximate surface area is 235 Å². The van der Waals surface area contributed by atoms with Crippen LogP contribution in [0.3, 0.4) is 0 Å². The van der Waals surface area contributed by atoms with Crippen molar-refractivity contribution >= 4 is 23.5 Å². The molecule has 5 unspecified atom stereocenters. The third kappa shape index (κ3) is 3.12. The summed E-state index contributed by atoms with van der Waals surface area (Å²) in [5.41, 5.74) is -9.85. The minimum Gasteiger partial charge on any atom is -0.481 e. The van der Waals surface area contributed by atoms with Gasteiger partial charge in [-0.2, -0.15) is 0 Å². The molecule has 3 aromatic rings. The molecule has 0 aromatic carbocycles. The number of piperidine rings is 2. The monoisotopic (exact) mass is 567 g/mol. The van der Waals surface area contributed by atoms with Crippen LogP contribution in [-0.2, 0) is 27.2 Å². The highest BCUT2D eigenvalue weighted by atomic mass is 35.5. The van der Waals surface area contributed by atoms with Crippen molar-refractivity contribution < 1.29 is 30.0 Å². The standard InChI is InChI=1S/C28H30ClN5O6/c1-24(19-11-5-8-14-31-19)26(22(35)36)17-34(16-18-10-4-7-13-30-18)21(29)27(23(37)38,28(26,39)40)25(2,33(24)3)20-12-6-9-15-32-20/h4-15,21,39-40H,16-17H2,1-3H3,(H,35,36)(H,37,38). The van der Waals surface area contributed by atoms with E-state index in [-0.39, 0.29) is 17.9 Å². The van der Waals surface area contributed by atoms with Crippen molar-refractivity contribution in [1.82, 2.24) is 24.8 Å². The number of carboxylic acids is 2. The fourth-order valence-electron chi connectivity index (χ4n) is 7.12. The highest BCUT2D eigenvalue weighted by molar-refractivity contribution is 6.23. The van der Waals surface area contributed by atoms with Crippen LogP contribution >= 0.6 is 11.6 Å². The van der Waals surface area contributed by atoms with E-state index in [1.807, 2.05) is 0 Å². The Bertz CT molecular complexity index is 1430. The molecule has 0 spiro atoms. The van der Waals surface area contributed by atoms with Gasteiger partial charge in [-0.05, 0) is 57.3 Å². The molecule has 40 heavy (non-hydrogen) atoms. The van der Waals surface area contributed by atoms with Gasteiger partial charge in [0.05, 0.1) is 28.2 Å².